The zero-order valence-corrected chi connectivity index (χ0v) is 12.7. The van der Waals surface area contributed by atoms with Gasteiger partial charge in [-0.15, -0.1) is 0 Å². The van der Waals surface area contributed by atoms with E-state index in [1.807, 2.05) is 0 Å². The van der Waals surface area contributed by atoms with Crippen LogP contribution in [0, 0.1) is 0 Å². The van der Waals surface area contributed by atoms with Crippen LogP contribution in [0.5, 0.6) is 0 Å². The molecule has 0 unspecified atom stereocenters. The smallest absolute Gasteiger partial charge is 0.324 e. The maximum Gasteiger partial charge on any atom is 0.324 e. The predicted molar refractivity (Wildman–Crippen MR) is 71.2 cm³/mol. The van der Waals surface area contributed by atoms with Gasteiger partial charge in [0, 0.05) is 9.50 Å². The molecule has 0 aliphatic heterocycles. The Balaban J connectivity index is 3.19. The minimum Gasteiger partial charge on any atom is -0.480 e. The van der Waals surface area contributed by atoms with Crippen LogP contribution in [0.3, 0.4) is 0 Å². The van der Waals surface area contributed by atoms with Crippen molar-refractivity contribution in [1.29, 1.82) is 0 Å². The van der Waals surface area contributed by atoms with Crippen LogP contribution in [0.4, 0.5) is 0 Å². The van der Waals surface area contributed by atoms with Crippen molar-refractivity contribution in [3.8, 4) is 0 Å². The molecule has 1 rings (SSSR count). The average Bonchev–Trinajstić information content (AvgIpc) is 2.13. The number of carbonyl (C=O) groups is 1. The highest BCUT2D eigenvalue weighted by Crippen LogP contribution is 2.23. The van der Waals surface area contributed by atoms with E-state index in [1.54, 1.807) is 0 Å². The molecule has 8 heteroatoms. The lowest BCUT2D eigenvalue weighted by Gasteiger charge is -2.20. The second-order valence-corrected chi connectivity index (χ2v) is 7.18. The molecule has 0 aromatic heterocycles. The molecule has 0 saturated heterocycles. The van der Waals surface area contributed by atoms with Gasteiger partial charge in [0.25, 0.3) is 0 Å². The van der Waals surface area contributed by atoms with Crippen molar-refractivity contribution in [1.82, 2.24) is 4.72 Å². The molecular formula is C10H11BrClNO4S. The third-order valence-corrected chi connectivity index (χ3v) is 4.38. The molecule has 0 atom stereocenters. The number of hydrogen-bond acceptors (Lipinski definition) is 3. The summed E-state index contributed by atoms with van der Waals surface area (Å²) in [4.78, 5) is 10.8. The molecule has 0 radical (unpaired) electrons. The summed E-state index contributed by atoms with van der Waals surface area (Å²) < 4.78 is 26.6. The van der Waals surface area contributed by atoms with Gasteiger partial charge in [-0.1, -0.05) is 27.5 Å². The van der Waals surface area contributed by atoms with Crippen molar-refractivity contribution in [2.45, 2.75) is 24.3 Å². The van der Waals surface area contributed by atoms with Gasteiger partial charge in [0.05, 0.1) is 4.90 Å². The van der Waals surface area contributed by atoms with Gasteiger partial charge in [0.1, 0.15) is 5.54 Å². The third-order valence-electron chi connectivity index (χ3n) is 2.07. The molecule has 0 saturated carbocycles. The zero-order chi connectivity index (χ0) is 14.1. The number of carboxylic acid groups (broad SMARTS) is 1. The zero-order valence-electron chi connectivity index (χ0n) is 9.57. The lowest BCUT2D eigenvalue weighted by molar-refractivity contribution is -0.142. The fraction of sp³-hybridized carbons (Fsp3) is 0.300. The topological polar surface area (TPSA) is 83.5 Å². The van der Waals surface area contributed by atoms with Crippen LogP contribution in [-0.2, 0) is 14.8 Å². The summed E-state index contributed by atoms with van der Waals surface area (Å²) in [6.07, 6.45) is 0. The first kappa shape index (κ1) is 15.4. The summed E-state index contributed by atoms with van der Waals surface area (Å²) in [5.74, 6) is -1.27. The summed E-state index contributed by atoms with van der Waals surface area (Å²) in [5, 5.41) is 9.13. The molecule has 0 fully saturated rings. The third kappa shape index (κ3) is 3.68. The van der Waals surface area contributed by atoms with Crippen LogP contribution < -0.4 is 4.72 Å². The van der Waals surface area contributed by atoms with Crippen molar-refractivity contribution in [2.24, 2.45) is 0 Å². The number of sulfonamides is 1. The number of carboxylic acids is 1. The Morgan fingerprint density at radius 2 is 1.94 bits per heavy atom. The van der Waals surface area contributed by atoms with Crippen LogP contribution in [-0.4, -0.2) is 25.0 Å². The van der Waals surface area contributed by atoms with Crippen LogP contribution in [0.15, 0.2) is 27.6 Å². The Kier molecular flexibility index (Phi) is 4.42. The lowest BCUT2D eigenvalue weighted by atomic mass is 10.1. The number of benzene rings is 1. The van der Waals surface area contributed by atoms with E-state index in [0.717, 1.165) is 0 Å². The van der Waals surface area contributed by atoms with Crippen molar-refractivity contribution in [2.75, 3.05) is 0 Å². The predicted octanol–water partition coefficient (Wildman–Crippen LogP) is 2.24. The summed E-state index contributed by atoms with van der Waals surface area (Å²) in [6, 6.07) is 4.11. The molecule has 1 aromatic carbocycles. The standard InChI is InChI=1S/C10H11BrClNO4S/c1-10(2,9(14)15)13-18(16,17)8-4-6(11)3-7(12)5-8/h3-5,13H,1-2H3,(H,14,15). The molecule has 5 nitrogen and oxygen atoms in total. The second-order valence-electron chi connectivity index (χ2n) is 4.14. The van der Waals surface area contributed by atoms with Crippen molar-refractivity contribution >= 4 is 43.5 Å². The Bertz CT molecular complexity index is 565. The summed E-state index contributed by atoms with van der Waals surface area (Å²) >= 11 is 8.87. The van der Waals surface area contributed by atoms with Crippen LogP contribution in [0.25, 0.3) is 0 Å². The van der Waals surface area contributed by atoms with Gasteiger partial charge in [-0.3, -0.25) is 4.79 Å². The number of nitrogens with one attached hydrogen (secondary N) is 1. The molecule has 18 heavy (non-hydrogen) atoms. The van der Waals surface area contributed by atoms with Crippen LogP contribution in [0.1, 0.15) is 13.8 Å². The van der Waals surface area contributed by atoms with Crippen molar-refractivity contribution in [3.05, 3.63) is 27.7 Å². The molecule has 100 valence electrons. The van der Waals surface area contributed by atoms with E-state index in [0.29, 0.717) is 4.47 Å². The summed E-state index contributed by atoms with van der Waals surface area (Å²) in [7, 11) is -3.95. The highest BCUT2D eigenvalue weighted by molar-refractivity contribution is 9.10. The number of hydrogen-bond donors (Lipinski definition) is 2. The summed E-state index contributed by atoms with van der Waals surface area (Å²) in [5.41, 5.74) is -1.60. The Morgan fingerprint density at radius 1 is 1.39 bits per heavy atom. The van der Waals surface area contributed by atoms with Gasteiger partial charge in [-0.25, -0.2) is 8.42 Å². The SMILES string of the molecule is CC(C)(NS(=O)(=O)c1cc(Cl)cc(Br)c1)C(=O)O. The van der Waals surface area contributed by atoms with Crippen LogP contribution in [0.2, 0.25) is 5.02 Å². The molecule has 1 aromatic rings. The molecular weight excluding hydrogens is 346 g/mol. The van der Waals surface area contributed by atoms with E-state index in [4.69, 9.17) is 16.7 Å². The molecule has 0 amide bonds. The Morgan fingerprint density at radius 3 is 2.39 bits per heavy atom. The van der Waals surface area contributed by atoms with Gasteiger partial charge in [-0.05, 0) is 32.0 Å². The van der Waals surface area contributed by atoms with Crippen LogP contribution >= 0.6 is 27.5 Å². The van der Waals surface area contributed by atoms with E-state index in [9.17, 15) is 13.2 Å². The fourth-order valence-corrected chi connectivity index (χ4v) is 3.64. The average molecular weight is 357 g/mol. The fourth-order valence-electron chi connectivity index (χ4n) is 1.12. The largest absolute Gasteiger partial charge is 0.480 e. The first-order chi connectivity index (χ1) is 8.04. The van der Waals surface area contributed by atoms with E-state index >= 15 is 0 Å². The van der Waals surface area contributed by atoms with Gasteiger partial charge >= 0.3 is 5.97 Å². The molecule has 0 heterocycles. The van der Waals surface area contributed by atoms with Gasteiger partial charge in [0.2, 0.25) is 10.0 Å². The number of halogens is 2. The summed E-state index contributed by atoms with van der Waals surface area (Å²) in [6.45, 7) is 2.51. The highest BCUT2D eigenvalue weighted by atomic mass is 79.9. The van der Waals surface area contributed by atoms with Crippen molar-refractivity contribution in [3.63, 3.8) is 0 Å². The highest BCUT2D eigenvalue weighted by Gasteiger charge is 2.33. The second kappa shape index (κ2) is 5.16. The Labute approximate surface area is 118 Å². The number of aliphatic carboxylic acids is 1. The molecule has 2 N–H and O–H groups in total. The van der Waals surface area contributed by atoms with Gasteiger partial charge in [0.15, 0.2) is 0 Å². The maximum atomic E-state index is 12.0. The van der Waals surface area contributed by atoms with E-state index in [1.165, 1.54) is 32.0 Å². The minimum atomic E-state index is -3.95. The minimum absolute atomic E-state index is 0.101. The van der Waals surface area contributed by atoms with Gasteiger partial charge < -0.3 is 5.11 Å². The van der Waals surface area contributed by atoms with E-state index < -0.39 is 21.5 Å². The lowest BCUT2D eigenvalue weighted by Crippen LogP contribution is -2.49. The van der Waals surface area contributed by atoms with Gasteiger partial charge in [-0.2, -0.15) is 4.72 Å². The number of rotatable bonds is 4. The first-order valence-corrected chi connectivity index (χ1v) is 7.43. The molecule has 0 aliphatic carbocycles. The monoisotopic (exact) mass is 355 g/mol. The maximum absolute atomic E-state index is 12.0. The van der Waals surface area contributed by atoms with E-state index in [-0.39, 0.29) is 9.92 Å². The van der Waals surface area contributed by atoms with E-state index in [2.05, 4.69) is 20.7 Å². The quantitative estimate of drug-likeness (QED) is 0.866. The normalized spacial score (nSPS) is 12.4. The Hall–Kier alpha value is -0.630. The molecule has 0 bridgehead atoms. The molecule has 0 aliphatic rings. The van der Waals surface area contributed by atoms with Crippen molar-refractivity contribution < 1.29 is 18.3 Å². The first-order valence-electron chi connectivity index (χ1n) is 4.78. The molecule has 0 spiro atoms.